The van der Waals surface area contributed by atoms with Crippen LogP contribution in [0.3, 0.4) is 0 Å². The molecule has 11 rings (SSSR count). The highest BCUT2D eigenvalue weighted by Gasteiger charge is 2.22. The van der Waals surface area contributed by atoms with Crippen LogP contribution >= 0.6 is 11.3 Å². The normalized spacial score (nSPS) is 12.0. The van der Waals surface area contributed by atoms with Crippen LogP contribution in [0.4, 0.5) is 0 Å². The molecule has 0 saturated carbocycles. The summed E-state index contributed by atoms with van der Waals surface area (Å²) in [5.41, 5.74) is 16.3. The lowest BCUT2D eigenvalue weighted by Crippen LogP contribution is -1.97. The third-order valence-corrected chi connectivity index (χ3v) is 11.7. The molecule has 0 N–H and O–H groups in total. The van der Waals surface area contributed by atoms with E-state index >= 15 is 0 Å². The monoisotopic (exact) mass is 651 g/mol. The van der Waals surface area contributed by atoms with Crippen LogP contribution in [0, 0.1) is 0 Å². The van der Waals surface area contributed by atoms with E-state index in [0.29, 0.717) is 0 Å². The van der Waals surface area contributed by atoms with Crippen molar-refractivity contribution in [3.63, 3.8) is 0 Å². The molecule has 0 saturated heterocycles. The van der Waals surface area contributed by atoms with E-state index in [1.165, 1.54) is 103 Å². The number of aromatic nitrogens is 1. The first-order valence-electron chi connectivity index (χ1n) is 17.2. The maximum absolute atomic E-state index is 2.42. The maximum Gasteiger partial charge on any atom is 0.0541 e. The highest BCUT2D eigenvalue weighted by atomic mass is 32.1. The highest BCUT2D eigenvalue weighted by Crippen LogP contribution is 2.49. The summed E-state index contributed by atoms with van der Waals surface area (Å²) in [6.45, 7) is 0. The quantitative estimate of drug-likeness (QED) is 0.175. The number of thiophene rings is 1. The van der Waals surface area contributed by atoms with Gasteiger partial charge in [0, 0.05) is 36.6 Å². The summed E-state index contributed by atoms with van der Waals surface area (Å²) < 4.78 is 5.04. The molecule has 2 aromatic heterocycles. The Morgan fingerprint density at radius 1 is 0.300 bits per heavy atom. The lowest BCUT2D eigenvalue weighted by Gasteiger charge is -2.23. The Balaban J connectivity index is 1.11. The fraction of sp³-hybridized carbons (Fsp3) is 0. The average molecular weight is 652 g/mol. The minimum atomic E-state index is 1.19. The SMILES string of the molecule is c1ccc2c(c1)-c1ccccc1-c1ccc(-c3ccc4sc5ccc(-n6c7ccccc7c7ccccc76)cc5c4c3)cc1-c1ccccc1-2. The van der Waals surface area contributed by atoms with E-state index in [4.69, 9.17) is 0 Å². The molecule has 1 aliphatic carbocycles. The summed E-state index contributed by atoms with van der Waals surface area (Å²) in [5, 5.41) is 5.17. The molecule has 0 unspecified atom stereocenters. The molecule has 0 spiro atoms. The van der Waals surface area contributed by atoms with Crippen molar-refractivity contribution in [2.45, 2.75) is 0 Å². The van der Waals surface area contributed by atoms with E-state index in [0.717, 1.165) is 0 Å². The van der Waals surface area contributed by atoms with Gasteiger partial charge in [-0.1, -0.05) is 127 Å². The average Bonchev–Trinajstić information content (AvgIpc) is 3.72. The fourth-order valence-electron chi connectivity index (χ4n) is 8.32. The van der Waals surface area contributed by atoms with Crippen LogP contribution in [0.1, 0.15) is 0 Å². The first kappa shape index (κ1) is 27.7. The standard InChI is InChI=1S/C48H29NS/c1-2-12-34-33(11-1)35-13-3-4-15-37(35)39-24-21-30(27-42(39)38-16-6-5-14-36(34)38)31-22-25-47-43(28-31)44-29-32(23-26-48(44)50-47)49-45-19-9-7-17-40(45)41-18-8-10-20-46(41)49/h1-29H. The van der Waals surface area contributed by atoms with Gasteiger partial charge in [0.15, 0.2) is 0 Å². The van der Waals surface area contributed by atoms with Gasteiger partial charge in [0.2, 0.25) is 0 Å². The molecule has 0 bridgehead atoms. The lowest BCUT2D eigenvalue weighted by molar-refractivity contribution is 1.19. The van der Waals surface area contributed by atoms with E-state index < -0.39 is 0 Å². The Labute approximate surface area is 293 Å². The van der Waals surface area contributed by atoms with Crippen LogP contribution in [0.15, 0.2) is 176 Å². The van der Waals surface area contributed by atoms with Gasteiger partial charge in [-0.2, -0.15) is 0 Å². The highest BCUT2D eigenvalue weighted by molar-refractivity contribution is 7.25. The topological polar surface area (TPSA) is 4.93 Å². The second-order valence-electron chi connectivity index (χ2n) is 13.3. The summed E-state index contributed by atoms with van der Waals surface area (Å²) in [7, 11) is 0. The van der Waals surface area contributed by atoms with Gasteiger partial charge in [-0.15, -0.1) is 11.3 Å². The third kappa shape index (κ3) is 4.00. The van der Waals surface area contributed by atoms with Crippen LogP contribution in [-0.2, 0) is 0 Å². The van der Waals surface area contributed by atoms with E-state index in [-0.39, 0.29) is 0 Å². The van der Waals surface area contributed by atoms with Crippen molar-refractivity contribution >= 4 is 53.3 Å². The fourth-order valence-corrected chi connectivity index (χ4v) is 9.39. The van der Waals surface area contributed by atoms with Crippen molar-refractivity contribution in [3.8, 4) is 61.3 Å². The van der Waals surface area contributed by atoms with Crippen molar-refractivity contribution < 1.29 is 0 Å². The van der Waals surface area contributed by atoms with Crippen molar-refractivity contribution in [1.82, 2.24) is 4.57 Å². The van der Waals surface area contributed by atoms with E-state index in [9.17, 15) is 0 Å². The number of hydrogen-bond donors (Lipinski definition) is 0. The number of hydrogen-bond acceptors (Lipinski definition) is 1. The molecule has 232 valence electrons. The number of rotatable bonds is 2. The number of nitrogens with zero attached hydrogens (tertiary/aromatic N) is 1. The minimum Gasteiger partial charge on any atom is -0.309 e. The summed E-state index contributed by atoms with van der Waals surface area (Å²) in [6, 6.07) is 65.1. The second-order valence-corrected chi connectivity index (χ2v) is 14.3. The zero-order valence-corrected chi connectivity index (χ0v) is 27.9. The molecule has 0 fully saturated rings. The van der Waals surface area contributed by atoms with Crippen molar-refractivity contribution in [1.29, 1.82) is 0 Å². The molecule has 2 heteroatoms. The molecule has 2 heterocycles. The first-order valence-corrected chi connectivity index (χ1v) is 18.0. The Hall–Kier alpha value is -6.22. The smallest absolute Gasteiger partial charge is 0.0541 e. The van der Waals surface area contributed by atoms with Gasteiger partial charge in [0.05, 0.1) is 11.0 Å². The molecule has 1 aliphatic rings. The van der Waals surface area contributed by atoms with Gasteiger partial charge >= 0.3 is 0 Å². The zero-order chi connectivity index (χ0) is 32.8. The van der Waals surface area contributed by atoms with Crippen LogP contribution in [0.25, 0.3) is 103 Å². The Morgan fingerprint density at radius 3 is 1.30 bits per heavy atom. The Bertz CT molecular complexity index is 2930. The van der Waals surface area contributed by atoms with Gasteiger partial charge < -0.3 is 4.57 Å². The minimum absolute atomic E-state index is 1.19. The van der Waals surface area contributed by atoms with E-state index in [2.05, 4.69) is 180 Å². The maximum atomic E-state index is 2.42. The first-order chi connectivity index (χ1) is 24.8. The van der Waals surface area contributed by atoms with Crippen LogP contribution in [-0.4, -0.2) is 4.57 Å². The molecule has 1 nitrogen and oxygen atoms in total. The van der Waals surface area contributed by atoms with Gasteiger partial charge in [0.25, 0.3) is 0 Å². The number of benzene rings is 8. The predicted molar refractivity (Wildman–Crippen MR) is 214 cm³/mol. The summed E-state index contributed by atoms with van der Waals surface area (Å²) in [4.78, 5) is 0. The van der Waals surface area contributed by atoms with Crippen molar-refractivity contribution in [2.75, 3.05) is 0 Å². The summed E-state index contributed by atoms with van der Waals surface area (Å²) in [5.74, 6) is 0. The summed E-state index contributed by atoms with van der Waals surface area (Å²) >= 11 is 1.87. The molecule has 0 atom stereocenters. The number of fused-ring (bicyclic) bond motifs is 14. The molecule has 50 heavy (non-hydrogen) atoms. The predicted octanol–water partition coefficient (Wildman–Crippen LogP) is 13.8. The van der Waals surface area contributed by atoms with E-state index in [1.807, 2.05) is 11.3 Å². The van der Waals surface area contributed by atoms with Crippen LogP contribution in [0.5, 0.6) is 0 Å². The Kier molecular flexibility index (Phi) is 5.89. The van der Waals surface area contributed by atoms with Gasteiger partial charge in [-0.3, -0.25) is 0 Å². The molecular weight excluding hydrogens is 623 g/mol. The molecule has 0 radical (unpaired) electrons. The molecule has 0 aliphatic heterocycles. The molecule has 10 aromatic rings. The second kappa shape index (κ2) is 10.6. The third-order valence-electron chi connectivity index (χ3n) is 10.6. The van der Waals surface area contributed by atoms with Crippen molar-refractivity contribution in [3.05, 3.63) is 176 Å². The van der Waals surface area contributed by atoms with Crippen molar-refractivity contribution in [2.24, 2.45) is 0 Å². The van der Waals surface area contributed by atoms with Crippen LogP contribution in [0.2, 0.25) is 0 Å². The van der Waals surface area contributed by atoms with Crippen LogP contribution < -0.4 is 0 Å². The van der Waals surface area contributed by atoms with Gasteiger partial charge in [-0.25, -0.2) is 0 Å². The summed E-state index contributed by atoms with van der Waals surface area (Å²) in [6.07, 6.45) is 0. The van der Waals surface area contributed by atoms with Gasteiger partial charge in [-0.05, 0) is 104 Å². The molecule has 8 aromatic carbocycles. The largest absolute Gasteiger partial charge is 0.309 e. The molecular formula is C48H29NS. The Morgan fingerprint density at radius 2 is 0.720 bits per heavy atom. The molecule has 0 amide bonds. The van der Waals surface area contributed by atoms with Gasteiger partial charge in [0.1, 0.15) is 0 Å². The van der Waals surface area contributed by atoms with E-state index in [1.54, 1.807) is 0 Å². The zero-order valence-electron chi connectivity index (χ0n) is 27.1. The lowest BCUT2D eigenvalue weighted by atomic mass is 9.80. The number of para-hydroxylation sites is 2.